The molecule has 2 aliphatic heterocycles. The molecular weight excluding hydrogens is 373 g/mol. The van der Waals surface area contributed by atoms with Gasteiger partial charge in [-0.05, 0) is 64.6 Å². The number of halogens is 1. The van der Waals surface area contributed by atoms with E-state index in [0.717, 1.165) is 25.9 Å². The van der Waals surface area contributed by atoms with Gasteiger partial charge in [-0.2, -0.15) is 0 Å². The maximum absolute atomic E-state index is 14.1. The van der Waals surface area contributed by atoms with Gasteiger partial charge in [-0.3, -0.25) is 9.69 Å². The molecule has 160 valence electrons. The van der Waals surface area contributed by atoms with Crippen LogP contribution in [-0.4, -0.2) is 66.7 Å². The second kappa shape index (κ2) is 8.69. The topological polar surface area (TPSA) is 53.1 Å². The monoisotopic (exact) mass is 405 g/mol. The van der Waals surface area contributed by atoms with E-state index in [2.05, 4.69) is 4.90 Å². The van der Waals surface area contributed by atoms with Gasteiger partial charge in [0, 0.05) is 26.7 Å². The van der Waals surface area contributed by atoms with Crippen LogP contribution in [0.25, 0.3) is 0 Å². The number of hydrogen-bond acceptors (Lipinski definition) is 4. The van der Waals surface area contributed by atoms with Crippen LogP contribution in [0.5, 0.6) is 0 Å². The summed E-state index contributed by atoms with van der Waals surface area (Å²) in [5.74, 6) is -0.107. The van der Waals surface area contributed by atoms with Crippen molar-refractivity contribution in [2.45, 2.75) is 51.7 Å². The summed E-state index contributed by atoms with van der Waals surface area (Å²) >= 11 is 0. The van der Waals surface area contributed by atoms with Gasteiger partial charge in [-0.25, -0.2) is 9.18 Å². The second-order valence-electron chi connectivity index (χ2n) is 9.11. The number of ether oxygens (including phenoxy) is 1. The molecule has 1 aromatic rings. The summed E-state index contributed by atoms with van der Waals surface area (Å²) in [5.41, 5.74) is -0.158. The number of anilines is 1. The predicted molar refractivity (Wildman–Crippen MR) is 110 cm³/mol. The Morgan fingerprint density at radius 2 is 1.97 bits per heavy atom. The summed E-state index contributed by atoms with van der Waals surface area (Å²) in [6.07, 6.45) is 2.37. The molecule has 7 heteroatoms. The zero-order chi connectivity index (χ0) is 21.2. The van der Waals surface area contributed by atoms with Crippen LogP contribution in [-0.2, 0) is 9.53 Å². The smallest absolute Gasteiger partial charge is 0.410 e. The van der Waals surface area contributed by atoms with Crippen LogP contribution in [0.3, 0.4) is 0 Å². The minimum atomic E-state index is -0.517. The molecule has 2 amide bonds. The predicted octanol–water partition coefficient (Wildman–Crippen LogP) is 3.51. The first kappa shape index (κ1) is 21.6. The standard InChI is InChI=1S/C22H32FN3O3/c1-22(2,3)29-21(28)24(4)14-16-8-7-12-25(15-16)19-11-13-26(20(19)27)18-10-6-5-9-17(18)23/h5-6,9-10,16,19H,7-8,11-15H2,1-4H3. The third-order valence-electron chi connectivity index (χ3n) is 5.55. The van der Waals surface area contributed by atoms with Crippen molar-refractivity contribution in [2.75, 3.05) is 38.1 Å². The number of piperidine rings is 1. The second-order valence-corrected chi connectivity index (χ2v) is 9.11. The summed E-state index contributed by atoms with van der Waals surface area (Å²) < 4.78 is 19.6. The third-order valence-corrected chi connectivity index (χ3v) is 5.55. The highest BCUT2D eigenvalue weighted by molar-refractivity contribution is 5.99. The van der Waals surface area contributed by atoms with Crippen LogP contribution in [0.4, 0.5) is 14.9 Å². The summed E-state index contributed by atoms with van der Waals surface area (Å²) in [6.45, 7) is 8.31. The number of benzene rings is 1. The van der Waals surface area contributed by atoms with Gasteiger partial charge in [-0.1, -0.05) is 12.1 Å². The van der Waals surface area contributed by atoms with Crippen molar-refractivity contribution < 1.29 is 18.7 Å². The van der Waals surface area contributed by atoms with Gasteiger partial charge in [0.15, 0.2) is 0 Å². The molecule has 0 aromatic heterocycles. The largest absolute Gasteiger partial charge is 0.444 e. The van der Waals surface area contributed by atoms with Gasteiger partial charge < -0.3 is 14.5 Å². The Hall–Kier alpha value is -2.15. The number of nitrogens with zero attached hydrogens (tertiary/aromatic N) is 3. The van der Waals surface area contributed by atoms with Crippen LogP contribution in [0.2, 0.25) is 0 Å². The molecule has 0 aliphatic carbocycles. The molecule has 0 radical (unpaired) electrons. The van der Waals surface area contributed by atoms with Crippen molar-refractivity contribution in [3.63, 3.8) is 0 Å². The number of hydrogen-bond donors (Lipinski definition) is 0. The summed E-state index contributed by atoms with van der Waals surface area (Å²) in [6, 6.07) is 6.21. The van der Waals surface area contributed by atoms with Crippen LogP contribution < -0.4 is 4.90 Å². The first-order valence-electron chi connectivity index (χ1n) is 10.4. The molecule has 3 rings (SSSR count). The zero-order valence-corrected chi connectivity index (χ0v) is 17.9. The maximum atomic E-state index is 14.1. The lowest BCUT2D eigenvalue weighted by atomic mass is 9.96. The first-order valence-corrected chi connectivity index (χ1v) is 10.4. The Balaban J connectivity index is 1.59. The van der Waals surface area contributed by atoms with E-state index in [1.54, 1.807) is 35.0 Å². The number of rotatable bonds is 4. The molecule has 2 heterocycles. The van der Waals surface area contributed by atoms with E-state index in [-0.39, 0.29) is 29.8 Å². The maximum Gasteiger partial charge on any atom is 0.410 e. The van der Waals surface area contributed by atoms with Gasteiger partial charge in [0.05, 0.1) is 11.7 Å². The van der Waals surface area contributed by atoms with Gasteiger partial charge in [0.25, 0.3) is 0 Å². The molecule has 2 saturated heterocycles. The molecule has 2 unspecified atom stereocenters. The molecule has 0 bridgehead atoms. The highest BCUT2D eigenvalue weighted by Crippen LogP contribution is 2.29. The highest BCUT2D eigenvalue weighted by Gasteiger charge is 2.39. The van der Waals surface area contributed by atoms with E-state index >= 15 is 0 Å². The van der Waals surface area contributed by atoms with Crippen LogP contribution in [0, 0.1) is 11.7 Å². The van der Waals surface area contributed by atoms with Crippen molar-refractivity contribution in [3.8, 4) is 0 Å². The number of carbonyl (C=O) groups is 2. The minimum absolute atomic E-state index is 0.0313. The van der Waals surface area contributed by atoms with Crippen molar-refractivity contribution in [1.29, 1.82) is 0 Å². The normalized spacial score (nSPS) is 23.3. The minimum Gasteiger partial charge on any atom is -0.444 e. The first-order chi connectivity index (χ1) is 13.7. The fourth-order valence-corrected chi connectivity index (χ4v) is 4.24. The molecule has 0 saturated carbocycles. The zero-order valence-electron chi connectivity index (χ0n) is 17.9. The Kier molecular flexibility index (Phi) is 6.46. The van der Waals surface area contributed by atoms with Crippen LogP contribution in [0.1, 0.15) is 40.0 Å². The Morgan fingerprint density at radius 3 is 2.66 bits per heavy atom. The molecular formula is C22H32FN3O3. The molecule has 0 spiro atoms. The summed E-state index contributed by atoms with van der Waals surface area (Å²) in [7, 11) is 1.76. The SMILES string of the molecule is CN(CC1CCCN(C2CCN(c3ccccc3F)C2=O)C1)C(=O)OC(C)(C)C. The Labute approximate surface area is 172 Å². The fourth-order valence-electron chi connectivity index (χ4n) is 4.24. The van der Waals surface area contributed by atoms with E-state index in [0.29, 0.717) is 25.2 Å². The summed E-state index contributed by atoms with van der Waals surface area (Å²) in [4.78, 5) is 30.6. The van der Waals surface area contributed by atoms with Crippen molar-refractivity contribution in [1.82, 2.24) is 9.80 Å². The lowest BCUT2D eigenvalue weighted by Gasteiger charge is -2.37. The third kappa shape index (κ3) is 5.26. The van der Waals surface area contributed by atoms with Gasteiger partial charge >= 0.3 is 6.09 Å². The van der Waals surface area contributed by atoms with Crippen molar-refractivity contribution in [3.05, 3.63) is 30.1 Å². The number of para-hydroxylation sites is 1. The molecule has 2 aliphatic rings. The molecule has 29 heavy (non-hydrogen) atoms. The fraction of sp³-hybridized carbons (Fsp3) is 0.636. The van der Waals surface area contributed by atoms with E-state index in [1.807, 2.05) is 20.8 Å². The number of likely N-dealkylation sites (tertiary alicyclic amines) is 1. The van der Waals surface area contributed by atoms with E-state index < -0.39 is 5.60 Å². The number of carbonyl (C=O) groups excluding carboxylic acids is 2. The molecule has 2 atom stereocenters. The molecule has 2 fully saturated rings. The average Bonchev–Trinajstić information content (AvgIpc) is 3.02. The average molecular weight is 406 g/mol. The van der Waals surface area contributed by atoms with Gasteiger partial charge in [-0.15, -0.1) is 0 Å². The van der Waals surface area contributed by atoms with Crippen LogP contribution in [0.15, 0.2) is 24.3 Å². The summed E-state index contributed by atoms with van der Waals surface area (Å²) in [5, 5.41) is 0. The highest BCUT2D eigenvalue weighted by atomic mass is 19.1. The Morgan fingerprint density at radius 1 is 1.24 bits per heavy atom. The van der Waals surface area contributed by atoms with Crippen molar-refractivity contribution in [2.24, 2.45) is 5.92 Å². The van der Waals surface area contributed by atoms with Gasteiger partial charge in [0.1, 0.15) is 11.4 Å². The van der Waals surface area contributed by atoms with E-state index in [4.69, 9.17) is 4.74 Å². The lowest BCUT2D eigenvalue weighted by molar-refractivity contribution is -0.122. The van der Waals surface area contributed by atoms with E-state index in [9.17, 15) is 14.0 Å². The quantitative estimate of drug-likeness (QED) is 0.769. The molecule has 6 nitrogen and oxygen atoms in total. The lowest BCUT2D eigenvalue weighted by Crippen LogP contribution is -2.49. The molecule has 0 N–H and O–H groups in total. The van der Waals surface area contributed by atoms with Crippen molar-refractivity contribution >= 4 is 17.7 Å². The molecule has 1 aromatic carbocycles. The van der Waals surface area contributed by atoms with Gasteiger partial charge in [0.2, 0.25) is 5.91 Å². The Bertz CT molecular complexity index is 749. The van der Waals surface area contributed by atoms with E-state index in [1.165, 1.54) is 6.07 Å². The van der Waals surface area contributed by atoms with Crippen LogP contribution >= 0.6 is 0 Å². The number of amides is 2.